The fourth-order valence-electron chi connectivity index (χ4n) is 7.60. The molecule has 7 aromatic rings. The van der Waals surface area contributed by atoms with Gasteiger partial charge in [0.1, 0.15) is 17.3 Å². The topological polar surface area (TPSA) is 54.1 Å². The molecule has 7 rings (SSSR count). The number of pyridine rings is 1. The molecule has 0 atom stereocenters. The molecule has 3 aromatic heterocycles. The number of rotatable bonds is 8. The van der Waals surface area contributed by atoms with Gasteiger partial charge >= 0.3 is 0 Å². The van der Waals surface area contributed by atoms with E-state index in [0.29, 0.717) is 11.6 Å². The standard InChI is InChI=1S/C43H44N4O2/c1-9-13-30-20-21-44-39(24-30)46-37-17-11-10-16-35(37)36-19-18-34(26-38(36)46)49-33-15-12-14-32(25-33)47-42(48-8)40(29(4)45-47)31-22-27(2)41(28(3)23-31)43(5,6)7/h10-12,14-26H,9,13H2,1-8H3. The third kappa shape index (κ3) is 5.86. The number of hydrogen-bond donors (Lipinski definition) is 0. The van der Waals surface area contributed by atoms with Crippen molar-refractivity contribution in [1.29, 1.82) is 0 Å². The molecule has 0 amide bonds. The van der Waals surface area contributed by atoms with E-state index in [4.69, 9.17) is 19.6 Å². The van der Waals surface area contributed by atoms with E-state index in [0.717, 1.165) is 63.3 Å². The molecule has 0 spiro atoms. The van der Waals surface area contributed by atoms with E-state index in [2.05, 4.69) is 107 Å². The molecule has 248 valence electrons. The van der Waals surface area contributed by atoms with Crippen LogP contribution in [0.2, 0.25) is 0 Å². The zero-order valence-corrected chi connectivity index (χ0v) is 29.8. The normalized spacial score (nSPS) is 11.8. The summed E-state index contributed by atoms with van der Waals surface area (Å²) in [5.41, 5.74) is 11.3. The van der Waals surface area contributed by atoms with E-state index in [-0.39, 0.29) is 5.41 Å². The number of methoxy groups -OCH3 is 1. The molecule has 0 aliphatic carbocycles. The van der Waals surface area contributed by atoms with Crippen LogP contribution in [0.1, 0.15) is 62.1 Å². The van der Waals surface area contributed by atoms with Crippen LogP contribution in [0.5, 0.6) is 17.4 Å². The Labute approximate surface area is 289 Å². The van der Waals surface area contributed by atoms with E-state index >= 15 is 0 Å². The summed E-state index contributed by atoms with van der Waals surface area (Å²) >= 11 is 0. The molecule has 0 aliphatic rings. The van der Waals surface area contributed by atoms with Crippen molar-refractivity contribution in [3.63, 3.8) is 0 Å². The summed E-state index contributed by atoms with van der Waals surface area (Å²) in [5, 5.41) is 7.30. The van der Waals surface area contributed by atoms with Gasteiger partial charge in [0.15, 0.2) is 0 Å². The van der Waals surface area contributed by atoms with E-state index in [1.165, 1.54) is 27.6 Å². The van der Waals surface area contributed by atoms with Gasteiger partial charge in [-0.05, 0) is 103 Å². The average Bonchev–Trinajstić information content (AvgIpc) is 3.58. The molecule has 0 bridgehead atoms. The summed E-state index contributed by atoms with van der Waals surface area (Å²) < 4.78 is 16.7. The van der Waals surface area contributed by atoms with Crippen LogP contribution in [-0.4, -0.2) is 26.4 Å². The van der Waals surface area contributed by atoms with Crippen molar-refractivity contribution in [2.75, 3.05) is 7.11 Å². The van der Waals surface area contributed by atoms with Crippen LogP contribution in [0.3, 0.4) is 0 Å². The lowest BCUT2D eigenvalue weighted by atomic mass is 9.80. The number of aromatic nitrogens is 4. The van der Waals surface area contributed by atoms with Crippen molar-refractivity contribution >= 4 is 21.8 Å². The van der Waals surface area contributed by atoms with Crippen molar-refractivity contribution in [2.45, 2.75) is 66.7 Å². The Morgan fingerprint density at radius 2 is 1.49 bits per heavy atom. The predicted octanol–water partition coefficient (Wildman–Crippen LogP) is 11.0. The maximum absolute atomic E-state index is 6.55. The molecule has 0 N–H and O–H groups in total. The Morgan fingerprint density at radius 1 is 0.755 bits per heavy atom. The zero-order chi connectivity index (χ0) is 34.4. The number of aryl methyl sites for hydroxylation is 4. The molecule has 49 heavy (non-hydrogen) atoms. The summed E-state index contributed by atoms with van der Waals surface area (Å²) in [7, 11) is 1.71. The van der Waals surface area contributed by atoms with Crippen molar-refractivity contribution in [2.24, 2.45) is 0 Å². The lowest BCUT2D eigenvalue weighted by Crippen LogP contribution is -2.15. The highest BCUT2D eigenvalue weighted by molar-refractivity contribution is 6.09. The highest BCUT2D eigenvalue weighted by atomic mass is 16.5. The lowest BCUT2D eigenvalue weighted by Gasteiger charge is -2.25. The summed E-state index contributed by atoms with van der Waals surface area (Å²) in [6.45, 7) is 15.4. The van der Waals surface area contributed by atoms with Gasteiger partial charge in [0, 0.05) is 29.1 Å². The SMILES string of the molecule is CCCc1ccnc(-n2c3ccccc3c3ccc(Oc4cccc(-n5nc(C)c(-c6cc(C)c(C(C)(C)C)c(C)c6)c5OC)c4)cc32)c1. The molecule has 3 heterocycles. The Bertz CT molecular complexity index is 2310. The van der Waals surface area contributed by atoms with Gasteiger partial charge in [-0.2, -0.15) is 5.10 Å². The second-order valence-corrected chi connectivity index (χ2v) is 14.0. The van der Waals surface area contributed by atoms with Crippen molar-refractivity contribution in [1.82, 2.24) is 19.3 Å². The molecule has 0 radical (unpaired) electrons. The number of hydrogen-bond acceptors (Lipinski definition) is 4. The number of fused-ring (bicyclic) bond motifs is 3. The van der Waals surface area contributed by atoms with Crippen LogP contribution >= 0.6 is 0 Å². The number of ether oxygens (including phenoxy) is 2. The number of benzene rings is 4. The van der Waals surface area contributed by atoms with E-state index in [9.17, 15) is 0 Å². The highest BCUT2D eigenvalue weighted by Crippen LogP contribution is 2.40. The van der Waals surface area contributed by atoms with Crippen LogP contribution < -0.4 is 9.47 Å². The van der Waals surface area contributed by atoms with E-state index in [1.54, 1.807) is 7.11 Å². The minimum absolute atomic E-state index is 0.0636. The molecule has 0 fully saturated rings. The van der Waals surface area contributed by atoms with Gasteiger partial charge in [0.25, 0.3) is 0 Å². The largest absolute Gasteiger partial charge is 0.480 e. The minimum Gasteiger partial charge on any atom is -0.480 e. The molecule has 0 saturated carbocycles. The van der Waals surface area contributed by atoms with Crippen LogP contribution in [-0.2, 0) is 11.8 Å². The predicted molar refractivity (Wildman–Crippen MR) is 201 cm³/mol. The second kappa shape index (κ2) is 12.6. The summed E-state index contributed by atoms with van der Waals surface area (Å²) in [6.07, 6.45) is 4.01. The smallest absolute Gasteiger partial charge is 0.224 e. The molecule has 6 heteroatoms. The third-order valence-corrected chi connectivity index (χ3v) is 9.30. The minimum atomic E-state index is 0.0636. The van der Waals surface area contributed by atoms with Crippen LogP contribution in [0.4, 0.5) is 0 Å². The van der Waals surface area contributed by atoms with Gasteiger partial charge in [-0.3, -0.25) is 4.57 Å². The van der Waals surface area contributed by atoms with Gasteiger partial charge in [-0.25, -0.2) is 9.67 Å². The molecular weight excluding hydrogens is 604 g/mol. The fraction of sp³-hybridized carbons (Fsp3) is 0.256. The van der Waals surface area contributed by atoms with Gasteiger partial charge in [0.2, 0.25) is 5.88 Å². The van der Waals surface area contributed by atoms with E-state index < -0.39 is 0 Å². The number of para-hydroxylation sites is 1. The van der Waals surface area contributed by atoms with Crippen molar-refractivity contribution in [3.8, 4) is 40.0 Å². The maximum Gasteiger partial charge on any atom is 0.224 e. The van der Waals surface area contributed by atoms with Crippen LogP contribution in [0.25, 0.3) is 44.4 Å². The molecule has 4 aromatic carbocycles. The van der Waals surface area contributed by atoms with Gasteiger partial charge in [0.05, 0.1) is 35.1 Å². The monoisotopic (exact) mass is 648 g/mol. The second-order valence-electron chi connectivity index (χ2n) is 14.0. The summed E-state index contributed by atoms with van der Waals surface area (Å²) in [5.74, 6) is 3.06. The quantitative estimate of drug-likeness (QED) is 0.165. The molecule has 0 aliphatic heterocycles. The zero-order valence-electron chi connectivity index (χ0n) is 29.8. The lowest BCUT2D eigenvalue weighted by molar-refractivity contribution is 0.385. The maximum atomic E-state index is 6.55. The van der Waals surface area contributed by atoms with Crippen LogP contribution in [0, 0.1) is 20.8 Å². The molecule has 0 saturated heterocycles. The Hall–Kier alpha value is -5.36. The van der Waals surface area contributed by atoms with Gasteiger partial charge in [-0.15, -0.1) is 0 Å². The van der Waals surface area contributed by atoms with Gasteiger partial charge < -0.3 is 9.47 Å². The first-order chi connectivity index (χ1) is 23.6. The fourth-order valence-corrected chi connectivity index (χ4v) is 7.60. The molecule has 6 nitrogen and oxygen atoms in total. The first kappa shape index (κ1) is 32.2. The van der Waals surface area contributed by atoms with Gasteiger partial charge in [-0.1, -0.05) is 70.5 Å². The van der Waals surface area contributed by atoms with Crippen molar-refractivity contribution < 1.29 is 9.47 Å². The molecular formula is C43H44N4O2. The summed E-state index contributed by atoms with van der Waals surface area (Å²) in [4.78, 5) is 4.80. The Morgan fingerprint density at radius 3 is 2.22 bits per heavy atom. The highest BCUT2D eigenvalue weighted by Gasteiger charge is 2.24. The molecule has 0 unspecified atom stereocenters. The summed E-state index contributed by atoms with van der Waals surface area (Å²) in [6, 6.07) is 31.6. The number of nitrogens with zero attached hydrogens (tertiary/aromatic N) is 4. The Kier molecular flexibility index (Phi) is 8.27. The first-order valence-electron chi connectivity index (χ1n) is 17.1. The van der Waals surface area contributed by atoms with Crippen molar-refractivity contribution in [3.05, 3.63) is 125 Å². The van der Waals surface area contributed by atoms with Crippen LogP contribution in [0.15, 0.2) is 97.2 Å². The average molecular weight is 649 g/mol. The van der Waals surface area contributed by atoms with E-state index in [1.807, 2.05) is 48.1 Å². The first-order valence-corrected chi connectivity index (χ1v) is 17.1. The third-order valence-electron chi connectivity index (χ3n) is 9.30. The Balaban J connectivity index is 1.27.